The van der Waals surface area contributed by atoms with Crippen molar-refractivity contribution in [3.63, 3.8) is 0 Å². The van der Waals surface area contributed by atoms with Crippen LogP contribution in [-0.2, 0) is 4.74 Å². The smallest absolute Gasteiger partial charge is 0.271 e. The van der Waals surface area contributed by atoms with Crippen molar-refractivity contribution in [2.24, 2.45) is 5.92 Å². The van der Waals surface area contributed by atoms with Crippen molar-refractivity contribution in [2.45, 2.75) is 6.92 Å². The minimum absolute atomic E-state index is 0.219. The Labute approximate surface area is 101 Å². The number of methoxy groups -OCH3 is 1. The summed E-state index contributed by atoms with van der Waals surface area (Å²) in [5.41, 5.74) is 0.314. The summed E-state index contributed by atoms with van der Waals surface area (Å²) in [5, 5.41) is 5.62. The minimum atomic E-state index is -0.219. The van der Waals surface area contributed by atoms with Gasteiger partial charge in [-0.15, -0.1) is 0 Å². The molecular formula is C11H18N4O2. The summed E-state index contributed by atoms with van der Waals surface area (Å²) in [4.78, 5) is 19.7. The highest BCUT2D eigenvalue weighted by Gasteiger charge is 2.09. The second-order valence-electron chi connectivity index (χ2n) is 3.81. The van der Waals surface area contributed by atoms with E-state index in [1.807, 2.05) is 6.92 Å². The van der Waals surface area contributed by atoms with Gasteiger partial charge in [-0.25, -0.2) is 9.97 Å². The van der Waals surface area contributed by atoms with Gasteiger partial charge in [0.05, 0.1) is 19.0 Å². The van der Waals surface area contributed by atoms with Gasteiger partial charge in [-0.3, -0.25) is 4.79 Å². The maximum absolute atomic E-state index is 11.7. The lowest BCUT2D eigenvalue weighted by Gasteiger charge is -2.11. The van der Waals surface area contributed by atoms with Gasteiger partial charge < -0.3 is 15.4 Å². The first-order valence-corrected chi connectivity index (χ1v) is 5.44. The van der Waals surface area contributed by atoms with E-state index in [9.17, 15) is 4.79 Å². The molecule has 2 N–H and O–H groups in total. The number of nitrogens with one attached hydrogen (secondary N) is 2. The van der Waals surface area contributed by atoms with Crippen LogP contribution in [0.4, 0.5) is 5.82 Å². The van der Waals surface area contributed by atoms with Crippen molar-refractivity contribution < 1.29 is 9.53 Å². The molecule has 1 aromatic rings. The van der Waals surface area contributed by atoms with E-state index in [0.717, 1.165) is 0 Å². The Morgan fingerprint density at radius 2 is 2.24 bits per heavy atom. The molecule has 1 amide bonds. The molecule has 1 atom stereocenters. The molecule has 6 heteroatoms. The maximum Gasteiger partial charge on any atom is 0.271 e. The number of carbonyl (C=O) groups is 1. The Morgan fingerprint density at radius 3 is 2.76 bits per heavy atom. The molecule has 0 saturated heterocycles. The van der Waals surface area contributed by atoms with Crippen LogP contribution in [0.25, 0.3) is 0 Å². The summed E-state index contributed by atoms with van der Waals surface area (Å²) >= 11 is 0. The molecule has 6 nitrogen and oxygen atoms in total. The van der Waals surface area contributed by atoms with Crippen LogP contribution >= 0.6 is 0 Å². The summed E-state index contributed by atoms with van der Waals surface area (Å²) in [6.07, 6.45) is 2.97. The van der Waals surface area contributed by atoms with Crippen molar-refractivity contribution in [1.82, 2.24) is 15.3 Å². The van der Waals surface area contributed by atoms with Crippen LogP contribution in [0.1, 0.15) is 17.4 Å². The number of rotatable bonds is 6. The molecule has 94 valence electrons. The van der Waals surface area contributed by atoms with Gasteiger partial charge in [-0.05, 0) is 5.92 Å². The van der Waals surface area contributed by atoms with Crippen LogP contribution in [0.3, 0.4) is 0 Å². The maximum atomic E-state index is 11.7. The fraction of sp³-hybridized carbons (Fsp3) is 0.545. The topological polar surface area (TPSA) is 76.1 Å². The Morgan fingerprint density at radius 1 is 1.47 bits per heavy atom. The third kappa shape index (κ3) is 4.36. The van der Waals surface area contributed by atoms with Crippen molar-refractivity contribution >= 4 is 11.7 Å². The minimum Gasteiger partial charge on any atom is -0.384 e. The van der Waals surface area contributed by atoms with Gasteiger partial charge in [0.25, 0.3) is 5.91 Å². The average molecular weight is 238 g/mol. The lowest BCUT2D eigenvalue weighted by atomic mass is 10.2. The summed E-state index contributed by atoms with van der Waals surface area (Å²) < 4.78 is 4.98. The first-order valence-electron chi connectivity index (χ1n) is 5.44. The van der Waals surface area contributed by atoms with Gasteiger partial charge >= 0.3 is 0 Å². The quantitative estimate of drug-likeness (QED) is 0.756. The molecule has 0 aromatic carbocycles. The number of amides is 1. The molecule has 1 heterocycles. The monoisotopic (exact) mass is 238 g/mol. The van der Waals surface area contributed by atoms with E-state index in [-0.39, 0.29) is 11.8 Å². The third-order valence-electron chi connectivity index (χ3n) is 2.20. The summed E-state index contributed by atoms with van der Waals surface area (Å²) in [5.74, 6) is 0.686. The van der Waals surface area contributed by atoms with Crippen LogP contribution in [0.2, 0.25) is 0 Å². The van der Waals surface area contributed by atoms with Crippen LogP contribution in [0, 0.1) is 5.92 Å². The van der Waals surface area contributed by atoms with Gasteiger partial charge in [0.2, 0.25) is 0 Å². The molecule has 0 spiro atoms. The third-order valence-corrected chi connectivity index (χ3v) is 2.20. The number of nitrogens with zero attached hydrogens (tertiary/aromatic N) is 2. The number of anilines is 1. The van der Waals surface area contributed by atoms with Gasteiger partial charge in [-0.2, -0.15) is 0 Å². The van der Waals surface area contributed by atoms with Crippen molar-refractivity contribution in [3.05, 3.63) is 18.1 Å². The highest BCUT2D eigenvalue weighted by Crippen LogP contribution is 2.00. The van der Waals surface area contributed by atoms with Crippen molar-refractivity contribution in [3.8, 4) is 0 Å². The van der Waals surface area contributed by atoms with Gasteiger partial charge in [0, 0.05) is 20.7 Å². The number of carbonyl (C=O) groups excluding carboxylic acids is 1. The summed E-state index contributed by atoms with van der Waals surface area (Å²) in [7, 11) is 3.39. The number of hydrogen-bond donors (Lipinski definition) is 2. The summed E-state index contributed by atoms with van der Waals surface area (Å²) in [6.45, 7) is 3.17. The van der Waals surface area contributed by atoms with Crippen LogP contribution in [0.15, 0.2) is 12.4 Å². The van der Waals surface area contributed by atoms with Gasteiger partial charge in [0.1, 0.15) is 11.5 Å². The van der Waals surface area contributed by atoms with E-state index in [0.29, 0.717) is 24.7 Å². The number of aromatic nitrogens is 2. The highest BCUT2D eigenvalue weighted by molar-refractivity contribution is 5.91. The standard InChI is InChI=1S/C11H18N4O2/c1-8(7-17-3)4-15-11(16)9-5-14-10(12-2)6-13-9/h5-6,8H,4,7H2,1-3H3,(H,12,14)(H,15,16). The fourth-order valence-electron chi connectivity index (χ4n) is 1.28. The first-order chi connectivity index (χ1) is 8.17. The molecule has 0 aliphatic heterocycles. The predicted octanol–water partition coefficient (Wildman–Crippen LogP) is 0.531. The molecule has 0 aliphatic rings. The Hall–Kier alpha value is -1.69. The van der Waals surface area contributed by atoms with E-state index >= 15 is 0 Å². The molecule has 1 unspecified atom stereocenters. The van der Waals surface area contributed by atoms with E-state index in [1.165, 1.54) is 12.4 Å². The molecule has 0 radical (unpaired) electrons. The zero-order valence-corrected chi connectivity index (χ0v) is 10.4. The number of hydrogen-bond acceptors (Lipinski definition) is 5. The Balaban J connectivity index is 2.46. The van der Waals surface area contributed by atoms with Crippen molar-refractivity contribution in [2.75, 3.05) is 32.6 Å². The molecular weight excluding hydrogens is 220 g/mol. The molecule has 0 fully saturated rings. The van der Waals surface area contributed by atoms with Crippen molar-refractivity contribution in [1.29, 1.82) is 0 Å². The van der Waals surface area contributed by atoms with E-state index < -0.39 is 0 Å². The molecule has 1 aromatic heterocycles. The lowest BCUT2D eigenvalue weighted by Crippen LogP contribution is -2.30. The largest absolute Gasteiger partial charge is 0.384 e. The first kappa shape index (κ1) is 13.4. The van der Waals surface area contributed by atoms with E-state index in [2.05, 4.69) is 20.6 Å². The van der Waals surface area contributed by atoms with E-state index in [4.69, 9.17) is 4.74 Å². The second kappa shape index (κ2) is 6.80. The van der Waals surface area contributed by atoms with Crippen LogP contribution in [0.5, 0.6) is 0 Å². The normalized spacial score (nSPS) is 11.9. The van der Waals surface area contributed by atoms with Crippen LogP contribution < -0.4 is 10.6 Å². The average Bonchev–Trinajstić information content (AvgIpc) is 2.36. The van der Waals surface area contributed by atoms with Gasteiger partial charge in [-0.1, -0.05) is 6.92 Å². The summed E-state index contributed by atoms with van der Waals surface area (Å²) in [6, 6.07) is 0. The number of ether oxygens (including phenoxy) is 1. The zero-order chi connectivity index (χ0) is 12.7. The van der Waals surface area contributed by atoms with E-state index in [1.54, 1.807) is 14.2 Å². The molecule has 0 saturated carbocycles. The SMILES string of the molecule is CNc1cnc(C(=O)NCC(C)COC)cn1. The fourth-order valence-corrected chi connectivity index (χ4v) is 1.28. The molecule has 17 heavy (non-hydrogen) atoms. The Kier molecular flexibility index (Phi) is 5.35. The zero-order valence-electron chi connectivity index (χ0n) is 10.4. The Bertz CT molecular complexity index is 353. The van der Waals surface area contributed by atoms with Crippen LogP contribution in [-0.4, -0.2) is 43.2 Å². The molecule has 0 bridgehead atoms. The second-order valence-corrected chi connectivity index (χ2v) is 3.81. The molecule has 0 aliphatic carbocycles. The highest BCUT2D eigenvalue weighted by atomic mass is 16.5. The predicted molar refractivity (Wildman–Crippen MR) is 65.0 cm³/mol. The lowest BCUT2D eigenvalue weighted by molar-refractivity contribution is 0.0929. The molecule has 1 rings (SSSR count). The van der Waals surface area contributed by atoms with Gasteiger partial charge in [0.15, 0.2) is 0 Å².